The molecule has 24 heavy (non-hydrogen) atoms. The number of piperazine rings is 1. The van der Waals surface area contributed by atoms with Crippen molar-refractivity contribution in [2.24, 2.45) is 0 Å². The van der Waals surface area contributed by atoms with Gasteiger partial charge in [0.1, 0.15) is 6.04 Å². The van der Waals surface area contributed by atoms with Crippen molar-refractivity contribution in [1.29, 1.82) is 0 Å². The summed E-state index contributed by atoms with van der Waals surface area (Å²) in [4.78, 5) is 32.6. The van der Waals surface area contributed by atoms with Gasteiger partial charge >= 0.3 is 6.03 Å². The Morgan fingerprint density at radius 3 is 2.38 bits per heavy atom. The fraction of sp³-hybridized carbons (Fsp3) is 0.556. The van der Waals surface area contributed by atoms with E-state index in [4.69, 9.17) is 0 Å². The number of urea groups is 1. The number of carbonyl (C=O) groups is 2. The molecule has 0 unspecified atom stereocenters. The fourth-order valence-electron chi connectivity index (χ4n) is 4.00. The molecule has 3 heterocycles. The zero-order chi connectivity index (χ0) is 16.5. The van der Waals surface area contributed by atoms with Crippen molar-refractivity contribution in [3.63, 3.8) is 0 Å². The van der Waals surface area contributed by atoms with Gasteiger partial charge in [-0.05, 0) is 25.0 Å². The van der Waals surface area contributed by atoms with E-state index < -0.39 is 0 Å². The second-order valence-electron chi connectivity index (χ2n) is 6.79. The molecule has 6 heteroatoms. The summed E-state index contributed by atoms with van der Waals surface area (Å²) < 4.78 is 0. The summed E-state index contributed by atoms with van der Waals surface area (Å²) >= 11 is 0. The minimum absolute atomic E-state index is 0.0143. The van der Waals surface area contributed by atoms with E-state index in [1.54, 1.807) is 4.90 Å². The minimum atomic E-state index is -0.174. The number of carbonyl (C=O) groups excluding carboxylic acids is 2. The molecule has 3 aliphatic rings. The molecule has 1 aromatic rings. The van der Waals surface area contributed by atoms with E-state index in [0.717, 1.165) is 52.1 Å². The third-order valence-electron chi connectivity index (χ3n) is 5.41. The molecule has 0 bridgehead atoms. The van der Waals surface area contributed by atoms with E-state index >= 15 is 0 Å². The number of rotatable bonds is 4. The second-order valence-corrected chi connectivity index (χ2v) is 6.79. The standard InChI is InChI=1S/C18H24N4O2/c23-17-16-7-4-8-21(16)18(24)22(17)14-11-19-9-12-20(13-10-19)15-5-2-1-3-6-15/h1-3,5-6,16H,4,7-14H2/t16-/m1/s1. The van der Waals surface area contributed by atoms with Crippen LogP contribution in [0.4, 0.5) is 10.5 Å². The summed E-state index contributed by atoms with van der Waals surface area (Å²) in [7, 11) is 0. The molecule has 1 atom stereocenters. The number of benzene rings is 1. The third-order valence-corrected chi connectivity index (χ3v) is 5.41. The van der Waals surface area contributed by atoms with E-state index in [-0.39, 0.29) is 18.0 Å². The molecule has 6 nitrogen and oxygen atoms in total. The van der Waals surface area contributed by atoms with Gasteiger partial charge in [0.25, 0.3) is 5.91 Å². The molecule has 1 aromatic carbocycles. The highest BCUT2D eigenvalue weighted by Crippen LogP contribution is 2.27. The van der Waals surface area contributed by atoms with Crippen LogP contribution in [0.1, 0.15) is 12.8 Å². The number of hydrogen-bond donors (Lipinski definition) is 0. The van der Waals surface area contributed by atoms with Gasteiger partial charge in [-0.2, -0.15) is 0 Å². The van der Waals surface area contributed by atoms with Crippen LogP contribution in [-0.4, -0.2) is 78.5 Å². The lowest BCUT2D eigenvalue weighted by Crippen LogP contribution is -2.49. The molecular formula is C18H24N4O2. The highest BCUT2D eigenvalue weighted by molar-refractivity contribution is 6.04. The Balaban J connectivity index is 1.28. The first-order chi connectivity index (χ1) is 11.7. The first-order valence-electron chi connectivity index (χ1n) is 8.88. The van der Waals surface area contributed by atoms with Crippen LogP contribution in [0.25, 0.3) is 0 Å². The van der Waals surface area contributed by atoms with Gasteiger partial charge in [0, 0.05) is 51.5 Å². The van der Waals surface area contributed by atoms with Gasteiger partial charge in [0.05, 0.1) is 0 Å². The molecule has 0 aliphatic carbocycles. The number of anilines is 1. The van der Waals surface area contributed by atoms with Crippen molar-refractivity contribution in [2.45, 2.75) is 18.9 Å². The van der Waals surface area contributed by atoms with Crippen LogP contribution >= 0.6 is 0 Å². The van der Waals surface area contributed by atoms with Gasteiger partial charge in [0.15, 0.2) is 0 Å². The summed E-state index contributed by atoms with van der Waals surface area (Å²) in [6.07, 6.45) is 1.79. The van der Waals surface area contributed by atoms with Crippen molar-refractivity contribution in [3.8, 4) is 0 Å². The highest BCUT2D eigenvalue weighted by atomic mass is 16.2. The largest absolute Gasteiger partial charge is 0.369 e. The molecule has 0 spiro atoms. The van der Waals surface area contributed by atoms with Crippen molar-refractivity contribution in [3.05, 3.63) is 30.3 Å². The minimum Gasteiger partial charge on any atom is -0.369 e. The smallest absolute Gasteiger partial charge is 0.327 e. The van der Waals surface area contributed by atoms with E-state index in [2.05, 4.69) is 34.1 Å². The predicted octanol–water partition coefficient (Wildman–Crippen LogP) is 1.24. The molecule has 0 aromatic heterocycles. The Kier molecular flexibility index (Phi) is 4.14. The van der Waals surface area contributed by atoms with Gasteiger partial charge in [-0.1, -0.05) is 18.2 Å². The Bertz CT molecular complexity index is 591. The van der Waals surface area contributed by atoms with Gasteiger partial charge < -0.3 is 9.80 Å². The molecule has 3 fully saturated rings. The summed E-state index contributed by atoms with van der Waals surface area (Å²) in [6, 6.07) is 10.2. The fourth-order valence-corrected chi connectivity index (χ4v) is 4.00. The maximum atomic E-state index is 12.3. The molecule has 4 rings (SSSR count). The van der Waals surface area contributed by atoms with Crippen LogP contribution < -0.4 is 4.90 Å². The zero-order valence-corrected chi connectivity index (χ0v) is 13.9. The van der Waals surface area contributed by atoms with E-state index in [0.29, 0.717) is 6.54 Å². The molecule has 0 radical (unpaired) electrons. The van der Waals surface area contributed by atoms with Crippen LogP contribution in [0.15, 0.2) is 30.3 Å². The molecule has 3 saturated heterocycles. The van der Waals surface area contributed by atoms with Gasteiger partial charge in [0.2, 0.25) is 0 Å². The van der Waals surface area contributed by atoms with Crippen LogP contribution in [0.3, 0.4) is 0 Å². The highest BCUT2D eigenvalue weighted by Gasteiger charge is 2.47. The Morgan fingerprint density at radius 2 is 1.67 bits per heavy atom. The van der Waals surface area contributed by atoms with Gasteiger partial charge in [-0.3, -0.25) is 14.6 Å². The quantitative estimate of drug-likeness (QED) is 0.780. The lowest BCUT2D eigenvalue weighted by atomic mass is 10.2. The maximum Gasteiger partial charge on any atom is 0.327 e. The maximum absolute atomic E-state index is 12.3. The summed E-state index contributed by atoms with van der Waals surface area (Å²) in [6.45, 7) is 5.95. The van der Waals surface area contributed by atoms with Crippen LogP contribution in [0.5, 0.6) is 0 Å². The summed E-state index contributed by atoms with van der Waals surface area (Å²) in [5.74, 6) is 0.0143. The normalized spacial score (nSPS) is 24.8. The van der Waals surface area contributed by atoms with Crippen LogP contribution in [-0.2, 0) is 4.79 Å². The number of hydrogen-bond acceptors (Lipinski definition) is 4. The zero-order valence-electron chi connectivity index (χ0n) is 13.9. The lowest BCUT2D eigenvalue weighted by Gasteiger charge is -2.36. The average Bonchev–Trinajstić information content (AvgIpc) is 3.19. The van der Waals surface area contributed by atoms with Gasteiger partial charge in [-0.15, -0.1) is 0 Å². The summed E-state index contributed by atoms with van der Waals surface area (Å²) in [5, 5.41) is 0. The molecule has 3 amide bonds. The van der Waals surface area contributed by atoms with E-state index in [1.807, 2.05) is 6.07 Å². The van der Waals surface area contributed by atoms with Crippen molar-refractivity contribution in [2.75, 3.05) is 50.7 Å². The summed E-state index contributed by atoms with van der Waals surface area (Å²) in [5.41, 5.74) is 1.27. The monoisotopic (exact) mass is 328 g/mol. The van der Waals surface area contributed by atoms with Crippen molar-refractivity contribution in [1.82, 2.24) is 14.7 Å². The average molecular weight is 328 g/mol. The Labute approximate surface area is 142 Å². The second kappa shape index (κ2) is 6.43. The molecular weight excluding hydrogens is 304 g/mol. The molecule has 3 aliphatic heterocycles. The van der Waals surface area contributed by atoms with E-state index in [1.165, 1.54) is 10.6 Å². The topological polar surface area (TPSA) is 47.1 Å². The Morgan fingerprint density at radius 1 is 0.917 bits per heavy atom. The van der Waals surface area contributed by atoms with Crippen molar-refractivity contribution < 1.29 is 9.59 Å². The molecule has 0 N–H and O–H groups in total. The Hall–Kier alpha value is -2.08. The number of imide groups is 1. The van der Waals surface area contributed by atoms with Gasteiger partial charge in [-0.25, -0.2) is 4.79 Å². The lowest BCUT2D eigenvalue weighted by molar-refractivity contribution is -0.128. The SMILES string of the molecule is O=C1[C@H]2CCCN2C(=O)N1CCN1CCN(c2ccccc2)CC1. The first-order valence-corrected chi connectivity index (χ1v) is 8.88. The van der Waals surface area contributed by atoms with Crippen LogP contribution in [0.2, 0.25) is 0 Å². The van der Waals surface area contributed by atoms with Crippen molar-refractivity contribution >= 4 is 17.6 Å². The number of fused-ring (bicyclic) bond motifs is 1. The number of amides is 3. The molecule has 128 valence electrons. The third kappa shape index (κ3) is 2.75. The number of para-hydroxylation sites is 1. The number of nitrogens with zero attached hydrogens (tertiary/aromatic N) is 4. The van der Waals surface area contributed by atoms with E-state index in [9.17, 15) is 9.59 Å². The first kappa shape index (κ1) is 15.4. The molecule has 0 saturated carbocycles. The predicted molar refractivity (Wildman–Crippen MR) is 91.9 cm³/mol. The van der Waals surface area contributed by atoms with Crippen LogP contribution in [0, 0.1) is 0 Å².